The molecular weight excluding hydrogens is 205 g/mol. The van der Waals surface area contributed by atoms with Gasteiger partial charge in [0, 0.05) is 11.0 Å². The molecular formula is C12H20NOP. The smallest absolute Gasteiger partial charge is 0.109 e. The van der Waals surface area contributed by atoms with E-state index >= 15 is 0 Å². The molecule has 0 amide bonds. The molecule has 0 unspecified atom stereocenters. The average Bonchev–Trinajstić information content (AvgIpc) is 2.06. The minimum atomic E-state index is -2.19. The molecule has 2 N–H and O–H groups in total. The Morgan fingerprint density at radius 3 is 2.20 bits per heavy atom. The van der Waals surface area contributed by atoms with Crippen LogP contribution in [0.3, 0.4) is 0 Å². The number of hydrogen-bond donors (Lipinski definition) is 1. The van der Waals surface area contributed by atoms with Crippen molar-refractivity contribution in [2.75, 3.05) is 19.1 Å². The van der Waals surface area contributed by atoms with E-state index in [0.29, 0.717) is 5.92 Å². The Morgan fingerprint density at radius 1 is 1.27 bits per heavy atom. The van der Waals surface area contributed by atoms with Crippen LogP contribution in [0, 0.1) is 6.92 Å². The van der Waals surface area contributed by atoms with Crippen molar-refractivity contribution in [3.05, 3.63) is 23.3 Å². The molecule has 1 rings (SSSR count). The summed E-state index contributed by atoms with van der Waals surface area (Å²) in [6.07, 6.45) is 0. The Bertz CT molecular complexity index is 418. The molecule has 0 aliphatic heterocycles. The van der Waals surface area contributed by atoms with Gasteiger partial charge in [0.15, 0.2) is 0 Å². The second kappa shape index (κ2) is 4.02. The fraction of sp³-hybridized carbons (Fsp3) is 0.500. The standard InChI is InChI=1S/C12H20NOP/c1-8(2)11-7-10(15(4,5)14)6-9(3)12(11)13/h6-8H,13H2,1-5H3. The molecule has 0 aromatic heterocycles. The zero-order chi connectivity index (χ0) is 11.8. The summed E-state index contributed by atoms with van der Waals surface area (Å²) in [6.45, 7) is 9.76. The van der Waals surface area contributed by atoms with E-state index in [-0.39, 0.29) is 0 Å². The molecule has 3 heteroatoms. The van der Waals surface area contributed by atoms with Crippen LogP contribution in [0.5, 0.6) is 0 Å². The number of nitrogens with two attached hydrogens (primary N) is 1. The second-order valence-electron chi connectivity index (χ2n) is 4.77. The molecule has 0 heterocycles. The fourth-order valence-corrected chi connectivity index (χ4v) is 2.55. The predicted molar refractivity (Wildman–Crippen MR) is 68.8 cm³/mol. The summed E-state index contributed by atoms with van der Waals surface area (Å²) < 4.78 is 12.0. The van der Waals surface area contributed by atoms with Crippen LogP contribution in [0.15, 0.2) is 12.1 Å². The Kier molecular flexibility index (Phi) is 3.30. The van der Waals surface area contributed by atoms with Crippen LogP contribution in [0.2, 0.25) is 0 Å². The zero-order valence-electron chi connectivity index (χ0n) is 10.2. The van der Waals surface area contributed by atoms with Gasteiger partial charge in [-0.15, -0.1) is 0 Å². The van der Waals surface area contributed by atoms with Crippen LogP contribution in [-0.2, 0) is 4.57 Å². The summed E-state index contributed by atoms with van der Waals surface area (Å²) in [5.74, 6) is 0.371. The van der Waals surface area contributed by atoms with Crippen molar-refractivity contribution in [2.24, 2.45) is 0 Å². The number of aryl methyl sites for hydroxylation is 1. The van der Waals surface area contributed by atoms with Gasteiger partial charge in [-0.2, -0.15) is 0 Å². The molecule has 0 radical (unpaired) electrons. The maximum atomic E-state index is 12.0. The summed E-state index contributed by atoms with van der Waals surface area (Å²) in [6, 6.07) is 3.94. The van der Waals surface area contributed by atoms with Crippen molar-refractivity contribution in [3.63, 3.8) is 0 Å². The van der Waals surface area contributed by atoms with E-state index in [4.69, 9.17) is 5.73 Å². The van der Waals surface area contributed by atoms with Crippen LogP contribution in [0.1, 0.15) is 30.9 Å². The monoisotopic (exact) mass is 225 g/mol. The molecule has 0 saturated carbocycles. The van der Waals surface area contributed by atoms with E-state index in [9.17, 15) is 4.57 Å². The van der Waals surface area contributed by atoms with Gasteiger partial charge in [-0.25, -0.2) is 0 Å². The minimum absolute atomic E-state index is 0.371. The van der Waals surface area contributed by atoms with E-state index < -0.39 is 7.14 Å². The number of benzene rings is 1. The normalized spacial score (nSPS) is 12.1. The molecule has 0 aliphatic carbocycles. The second-order valence-corrected chi connectivity index (χ2v) is 7.99. The maximum Gasteiger partial charge on any atom is 0.109 e. The van der Waals surface area contributed by atoms with Crippen LogP contribution >= 0.6 is 7.14 Å². The summed E-state index contributed by atoms with van der Waals surface area (Å²) in [5.41, 5.74) is 8.97. The molecule has 1 aromatic carbocycles. The minimum Gasteiger partial charge on any atom is -0.398 e. The largest absolute Gasteiger partial charge is 0.398 e. The fourth-order valence-electron chi connectivity index (χ4n) is 1.59. The molecule has 0 saturated heterocycles. The van der Waals surface area contributed by atoms with Gasteiger partial charge in [-0.05, 0) is 49.4 Å². The molecule has 0 atom stereocenters. The molecule has 0 aliphatic rings. The number of anilines is 1. The number of hydrogen-bond acceptors (Lipinski definition) is 2. The van der Waals surface area contributed by atoms with Gasteiger partial charge in [0.05, 0.1) is 0 Å². The lowest BCUT2D eigenvalue weighted by Crippen LogP contribution is -2.10. The Labute approximate surface area is 92.3 Å². The van der Waals surface area contributed by atoms with Gasteiger partial charge < -0.3 is 10.3 Å². The summed E-state index contributed by atoms with van der Waals surface area (Å²) in [7, 11) is -2.19. The first-order valence-electron chi connectivity index (χ1n) is 5.19. The lowest BCUT2D eigenvalue weighted by atomic mass is 9.99. The Balaban J connectivity index is 3.43. The maximum absolute atomic E-state index is 12.0. The molecule has 0 fully saturated rings. The van der Waals surface area contributed by atoms with Gasteiger partial charge in [0.1, 0.15) is 7.14 Å². The van der Waals surface area contributed by atoms with E-state index in [1.807, 2.05) is 19.1 Å². The number of nitrogen functional groups attached to an aromatic ring is 1. The highest BCUT2D eigenvalue weighted by Crippen LogP contribution is 2.37. The van der Waals surface area contributed by atoms with Crippen molar-refractivity contribution in [2.45, 2.75) is 26.7 Å². The molecule has 2 nitrogen and oxygen atoms in total. The summed E-state index contributed by atoms with van der Waals surface area (Å²) in [4.78, 5) is 0. The first-order chi connectivity index (χ1) is 6.73. The third-order valence-corrected chi connectivity index (χ3v) is 4.15. The van der Waals surface area contributed by atoms with E-state index in [0.717, 1.165) is 22.1 Å². The SMILES string of the molecule is Cc1cc(P(C)(C)=O)cc(C(C)C)c1N. The lowest BCUT2D eigenvalue weighted by molar-refractivity contribution is 0.588. The highest BCUT2D eigenvalue weighted by Gasteiger charge is 2.16. The first-order valence-corrected chi connectivity index (χ1v) is 7.79. The molecule has 15 heavy (non-hydrogen) atoms. The van der Waals surface area contributed by atoms with Crippen molar-refractivity contribution in [3.8, 4) is 0 Å². The van der Waals surface area contributed by atoms with E-state index in [2.05, 4.69) is 13.8 Å². The third-order valence-electron chi connectivity index (χ3n) is 2.65. The van der Waals surface area contributed by atoms with E-state index in [1.54, 1.807) is 13.3 Å². The van der Waals surface area contributed by atoms with Crippen LogP contribution in [0.25, 0.3) is 0 Å². The van der Waals surface area contributed by atoms with Crippen molar-refractivity contribution < 1.29 is 4.57 Å². The topological polar surface area (TPSA) is 43.1 Å². The van der Waals surface area contributed by atoms with Crippen LogP contribution < -0.4 is 11.0 Å². The van der Waals surface area contributed by atoms with Gasteiger partial charge in [-0.1, -0.05) is 13.8 Å². The van der Waals surface area contributed by atoms with Crippen molar-refractivity contribution in [1.29, 1.82) is 0 Å². The molecule has 1 aromatic rings. The number of rotatable bonds is 2. The van der Waals surface area contributed by atoms with Crippen molar-refractivity contribution in [1.82, 2.24) is 0 Å². The summed E-state index contributed by atoms with van der Waals surface area (Å²) >= 11 is 0. The zero-order valence-corrected chi connectivity index (χ0v) is 11.1. The first kappa shape index (κ1) is 12.3. The van der Waals surface area contributed by atoms with Gasteiger partial charge in [0.25, 0.3) is 0 Å². The lowest BCUT2D eigenvalue weighted by Gasteiger charge is -2.16. The third kappa shape index (κ3) is 2.63. The van der Waals surface area contributed by atoms with Gasteiger partial charge >= 0.3 is 0 Å². The van der Waals surface area contributed by atoms with Crippen molar-refractivity contribution >= 4 is 18.1 Å². The van der Waals surface area contributed by atoms with Crippen LogP contribution in [0.4, 0.5) is 5.69 Å². The summed E-state index contributed by atoms with van der Waals surface area (Å²) in [5, 5.41) is 0.929. The molecule has 0 bridgehead atoms. The van der Waals surface area contributed by atoms with Gasteiger partial charge in [0.2, 0.25) is 0 Å². The molecule has 84 valence electrons. The van der Waals surface area contributed by atoms with Crippen LogP contribution in [-0.4, -0.2) is 13.3 Å². The highest BCUT2D eigenvalue weighted by atomic mass is 31.2. The van der Waals surface area contributed by atoms with Gasteiger partial charge in [-0.3, -0.25) is 0 Å². The Hall–Kier alpha value is -0.750. The van der Waals surface area contributed by atoms with E-state index in [1.165, 1.54) is 0 Å². The molecule has 0 spiro atoms. The highest BCUT2D eigenvalue weighted by molar-refractivity contribution is 7.70. The quantitative estimate of drug-likeness (QED) is 0.621. The average molecular weight is 225 g/mol. The predicted octanol–water partition coefficient (Wildman–Crippen LogP) is 2.95. The Morgan fingerprint density at radius 2 is 1.80 bits per heavy atom.